The maximum atomic E-state index is 5.75. The Labute approximate surface area is 109 Å². The molecule has 0 unspecified atom stereocenters. The Morgan fingerprint density at radius 1 is 1.50 bits per heavy atom. The summed E-state index contributed by atoms with van der Waals surface area (Å²) < 4.78 is 11.0. The number of guanidine groups is 1. The van der Waals surface area contributed by atoms with Crippen molar-refractivity contribution < 1.29 is 9.47 Å². The first kappa shape index (κ1) is 15.0. The minimum Gasteiger partial charge on any atom is -0.381 e. The van der Waals surface area contributed by atoms with Crippen LogP contribution >= 0.6 is 0 Å². The van der Waals surface area contributed by atoms with E-state index in [2.05, 4.69) is 16.9 Å². The van der Waals surface area contributed by atoms with Crippen molar-refractivity contribution in [3.05, 3.63) is 12.2 Å². The van der Waals surface area contributed by atoms with Crippen LogP contribution in [0.3, 0.4) is 0 Å². The van der Waals surface area contributed by atoms with Gasteiger partial charge in [0.25, 0.3) is 0 Å². The number of rotatable bonds is 7. The Bertz CT molecular complexity index is 273. The van der Waals surface area contributed by atoms with Crippen molar-refractivity contribution in [2.75, 3.05) is 32.9 Å². The standard InChI is InChI=1S/C13H25N3O2/c1-11(2)10-16-13(14)15-6-3-7-18-12-4-8-17-9-5-12/h12H,1,3-10H2,2H3,(H3,14,15,16). The fourth-order valence-corrected chi connectivity index (χ4v) is 1.66. The summed E-state index contributed by atoms with van der Waals surface area (Å²) in [7, 11) is 0. The summed E-state index contributed by atoms with van der Waals surface area (Å²) in [5.74, 6) is 0.476. The van der Waals surface area contributed by atoms with E-state index in [9.17, 15) is 0 Å². The predicted molar refractivity (Wildman–Crippen MR) is 73.7 cm³/mol. The van der Waals surface area contributed by atoms with Gasteiger partial charge in [0, 0.05) is 26.4 Å². The van der Waals surface area contributed by atoms with Gasteiger partial charge in [0.15, 0.2) is 5.96 Å². The molecule has 0 spiro atoms. The van der Waals surface area contributed by atoms with Gasteiger partial charge in [-0.3, -0.25) is 0 Å². The second-order valence-corrected chi connectivity index (χ2v) is 4.62. The fraction of sp³-hybridized carbons (Fsp3) is 0.769. The van der Waals surface area contributed by atoms with Gasteiger partial charge >= 0.3 is 0 Å². The molecule has 1 aliphatic rings. The normalized spacial score (nSPS) is 17.7. The number of hydrogen-bond donors (Lipinski definition) is 2. The fourth-order valence-electron chi connectivity index (χ4n) is 1.66. The Morgan fingerprint density at radius 3 is 2.89 bits per heavy atom. The SMILES string of the molecule is C=C(C)CN=C(N)NCCCOC1CCOCC1. The lowest BCUT2D eigenvalue weighted by Gasteiger charge is -2.22. The number of ether oxygens (including phenoxy) is 2. The molecule has 5 heteroatoms. The first-order valence-electron chi connectivity index (χ1n) is 6.56. The van der Waals surface area contributed by atoms with Crippen LogP contribution in [0.4, 0.5) is 0 Å². The van der Waals surface area contributed by atoms with Crippen LogP contribution in [0.5, 0.6) is 0 Å². The van der Waals surface area contributed by atoms with Crippen LogP contribution in [-0.2, 0) is 9.47 Å². The molecule has 0 aromatic heterocycles. The average Bonchev–Trinajstić information content (AvgIpc) is 2.37. The van der Waals surface area contributed by atoms with Gasteiger partial charge in [0.2, 0.25) is 0 Å². The third kappa shape index (κ3) is 7.29. The summed E-state index contributed by atoms with van der Waals surface area (Å²) in [6.07, 6.45) is 3.32. The van der Waals surface area contributed by atoms with Gasteiger partial charge in [0.05, 0.1) is 12.6 Å². The highest BCUT2D eigenvalue weighted by atomic mass is 16.5. The van der Waals surface area contributed by atoms with Gasteiger partial charge < -0.3 is 20.5 Å². The zero-order valence-electron chi connectivity index (χ0n) is 11.3. The van der Waals surface area contributed by atoms with Crippen LogP contribution in [0, 0.1) is 0 Å². The van der Waals surface area contributed by atoms with Crippen LogP contribution in [0.25, 0.3) is 0 Å². The first-order valence-corrected chi connectivity index (χ1v) is 6.56. The van der Waals surface area contributed by atoms with E-state index in [1.165, 1.54) is 0 Å². The highest BCUT2D eigenvalue weighted by molar-refractivity contribution is 5.77. The Hall–Kier alpha value is -1.07. The topological polar surface area (TPSA) is 68.9 Å². The molecule has 0 aromatic rings. The smallest absolute Gasteiger partial charge is 0.188 e. The summed E-state index contributed by atoms with van der Waals surface area (Å²) in [5.41, 5.74) is 6.69. The van der Waals surface area contributed by atoms with Crippen molar-refractivity contribution in [1.29, 1.82) is 0 Å². The molecule has 0 bridgehead atoms. The monoisotopic (exact) mass is 255 g/mol. The second kappa shape index (κ2) is 8.94. The van der Waals surface area contributed by atoms with Crippen molar-refractivity contribution in [2.45, 2.75) is 32.3 Å². The highest BCUT2D eigenvalue weighted by Gasteiger charge is 2.13. The van der Waals surface area contributed by atoms with Crippen molar-refractivity contribution in [3.8, 4) is 0 Å². The molecule has 1 heterocycles. The maximum absolute atomic E-state index is 5.75. The van der Waals surface area contributed by atoms with E-state index in [4.69, 9.17) is 15.2 Å². The van der Waals surface area contributed by atoms with Gasteiger partial charge in [-0.05, 0) is 26.2 Å². The van der Waals surface area contributed by atoms with Gasteiger partial charge in [-0.25, -0.2) is 4.99 Å². The molecule has 0 radical (unpaired) electrons. The molecule has 5 nitrogen and oxygen atoms in total. The third-order valence-corrected chi connectivity index (χ3v) is 2.67. The number of nitrogens with one attached hydrogen (secondary N) is 1. The lowest BCUT2D eigenvalue weighted by molar-refractivity contribution is -0.0320. The summed E-state index contributed by atoms with van der Waals surface area (Å²) in [6.45, 7) is 9.47. The molecule has 1 aliphatic heterocycles. The van der Waals surface area contributed by atoms with Crippen molar-refractivity contribution in [1.82, 2.24) is 5.32 Å². The van der Waals surface area contributed by atoms with Crippen molar-refractivity contribution in [2.24, 2.45) is 10.7 Å². The lowest BCUT2D eigenvalue weighted by Crippen LogP contribution is -2.33. The molecule has 0 saturated carbocycles. The number of nitrogens with zero attached hydrogens (tertiary/aromatic N) is 1. The molecule has 104 valence electrons. The van der Waals surface area contributed by atoms with Crippen LogP contribution in [0.15, 0.2) is 17.1 Å². The molecular formula is C13H25N3O2. The molecule has 18 heavy (non-hydrogen) atoms. The van der Waals surface area contributed by atoms with E-state index < -0.39 is 0 Å². The molecule has 0 atom stereocenters. The van der Waals surface area contributed by atoms with Crippen LogP contribution in [0.1, 0.15) is 26.2 Å². The highest BCUT2D eigenvalue weighted by Crippen LogP contribution is 2.10. The van der Waals surface area contributed by atoms with Crippen LogP contribution < -0.4 is 11.1 Å². The molecule has 0 aliphatic carbocycles. The lowest BCUT2D eigenvalue weighted by atomic mass is 10.1. The largest absolute Gasteiger partial charge is 0.381 e. The third-order valence-electron chi connectivity index (χ3n) is 2.67. The molecule has 0 aromatic carbocycles. The van der Waals surface area contributed by atoms with E-state index in [0.717, 1.165) is 51.2 Å². The van der Waals surface area contributed by atoms with Crippen molar-refractivity contribution in [3.63, 3.8) is 0 Å². The summed E-state index contributed by atoms with van der Waals surface area (Å²) in [6, 6.07) is 0. The zero-order chi connectivity index (χ0) is 13.2. The minimum absolute atomic E-state index is 0.369. The summed E-state index contributed by atoms with van der Waals surface area (Å²) in [5, 5.41) is 3.06. The van der Waals surface area contributed by atoms with E-state index in [1.54, 1.807) is 0 Å². The summed E-state index contributed by atoms with van der Waals surface area (Å²) in [4.78, 5) is 4.14. The molecular weight excluding hydrogens is 230 g/mol. The number of aliphatic imine (C=N–C) groups is 1. The van der Waals surface area contributed by atoms with E-state index in [1.807, 2.05) is 6.92 Å². The number of hydrogen-bond acceptors (Lipinski definition) is 3. The minimum atomic E-state index is 0.369. The predicted octanol–water partition coefficient (Wildman–Crippen LogP) is 1.05. The van der Waals surface area contributed by atoms with Gasteiger partial charge in [-0.1, -0.05) is 12.2 Å². The Balaban J connectivity index is 1.97. The summed E-state index contributed by atoms with van der Waals surface area (Å²) >= 11 is 0. The van der Waals surface area contributed by atoms with E-state index >= 15 is 0 Å². The molecule has 3 N–H and O–H groups in total. The molecule has 1 saturated heterocycles. The quantitative estimate of drug-likeness (QED) is 0.309. The number of nitrogens with two attached hydrogens (primary N) is 1. The first-order chi connectivity index (χ1) is 8.68. The molecule has 1 rings (SSSR count). The second-order valence-electron chi connectivity index (χ2n) is 4.62. The van der Waals surface area contributed by atoms with E-state index in [0.29, 0.717) is 18.6 Å². The van der Waals surface area contributed by atoms with E-state index in [-0.39, 0.29) is 0 Å². The van der Waals surface area contributed by atoms with Gasteiger partial charge in [-0.2, -0.15) is 0 Å². The molecule has 0 amide bonds. The van der Waals surface area contributed by atoms with Gasteiger partial charge in [0.1, 0.15) is 0 Å². The Kier molecular flexibility index (Phi) is 7.44. The molecule has 1 fully saturated rings. The zero-order valence-corrected chi connectivity index (χ0v) is 11.3. The maximum Gasteiger partial charge on any atom is 0.188 e. The average molecular weight is 255 g/mol. The Morgan fingerprint density at radius 2 is 2.22 bits per heavy atom. The van der Waals surface area contributed by atoms with Crippen molar-refractivity contribution >= 4 is 5.96 Å². The van der Waals surface area contributed by atoms with Crippen LogP contribution in [-0.4, -0.2) is 45.0 Å². The van der Waals surface area contributed by atoms with Gasteiger partial charge in [-0.15, -0.1) is 0 Å². The van der Waals surface area contributed by atoms with Crippen LogP contribution in [0.2, 0.25) is 0 Å².